The lowest BCUT2D eigenvalue weighted by Gasteiger charge is -2.04. The molecule has 0 fully saturated rings. The highest BCUT2D eigenvalue weighted by Crippen LogP contribution is 2.18. The molecule has 2 heteroatoms. The molecule has 0 amide bonds. The standard InChI is InChI=1S/C17H24N2/c1-5-7-13-17(18-15(4)10-6-2)19-16-12-9-8-11-14(16)3/h6,8-12H,5,7,13H2,1-4H3/b10-6-,18-15?,19-17?. The van der Waals surface area contributed by atoms with Gasteiger partial charge < -0.3 is 0 Å². The lowest BCUT2D eigenvalue weighted by Crippen LogP contribution is -1.98. The van der Waals surface area contributed by atoms with Gasteiger partial charge in [0.1, 0.15) is 5.84 Å². The van der Waals surface area contributed by atoms with Gasteiger partial charge in [-0.1, -0.05) is 37.6 Å². The summed E-state index contributed by atoms with van der Waals surface area (Å²) in [4.78, 5) is 9.33. The molecule has 1 aromatic carbocycles. The number of hydrogen-bond acceptors (Lipinski definition) is 1. The first-order chi connectivity index (χ1) is 9.17. The lowest BCUT2D eigenvalue weighted by molar-refractivity contribution is 0.831. The van der Waals surface area contributed by atoms with Gasteiger partial charge in [0.15, 0.2) is 0 Å². The van der Waals surface area contributed by atoms with E-state index < -0.39 is 0 Å². The van der Waals surface area contributed by atoms with Crippen molar-refractivity contribution in [3.63, 3.8) is 0 Å². The molecule has 0 N–H and O–H groups in total. The summed E-state index contributed by atoms with van der Waals surface area (Å²) in [6, 6.07) is 8.18. The maximum atomic E-state index is 4.71. The van der Waals surface area contributed by atoms with Crippen LogP contribution >= 0.6 is 0 Å². The number of nitrogens with zero attached hydrogens (tertiary/aromatic N) is 2. The van der Waals surface area contributed by atoms with Crippen LogP contribution in [0.1, 0.15) is 45.6 Å². The van der Waals surface area contributed by atoms with Crippen molar-refractivity contribution < 1.29 is 0 Å². The zero-order chi connectivity index (χ0) is 14.1. The van der Waals surface area contributed by atoms with Crippen LogP contribution in [0.25, 0.3) is 0 Å². The molecule has 2 nitrogen and oxygen atoms in total. The third-order valence-corrected chi connectivity index (χ3v) is 2.83. The van der Waals surface area contributed by atoms with Gasteiger partial charge in [-0.25, -0.2) is 9.98 Å². The monoisotopic (exact) mass is 256 g/mol. The fourth-order valence-electron chi connectivity index (χ4n) is 1.78. The zero-order valence-corrected chi connectivity index (χ0v) is 12.5. The number of amidine groups is 1. The van der Waals surface area contributed by atoms with Crippen LogP contribution in [0, 0.1) is 6.92 Å². The third-order valence-electron chi connectivity index (χ3n) is 2.83. The van der Waals surface area contributed by atoms with E-state index in [1.54, 1.807) is 0 Å². The summed E-state index contributed by atoms with van der Waals surface area (Å²) in [6.45, 7) is 8.29. The number of benzene rings is 1. The average molecular weight is 256 g/mol. The molecular formula is C17H24N2. The molecule has 0 heterocycles. The number of unbranched alkanes of at least 4 members (excludes halogenated alkanes) is 1. The van der Waals surface area contributed by atoms with Gasteiger partial charge in [0.05, 0.1) is 5.69 Å². The second-order valence-electron chi connectivity index (χ2n) is 4.67. The van der Waals surface area contributed by atoms with Crippen molar-refractivity contribution in [3.8, 4) is 0 Å². The Balaban J connectivity index is 3.03. The van der Waals surface area contributed by atoms with Crippen molar-refractivity contribution in [1.29, 1.82) is 0 Å². The number of hydrogen-bond donors (Lipinski definition) is 0. The summed E-state index contributed by atoms with van der Waals surface area (Å²) in [7, 11) is 0. The van der Waals surface area contributed by atoms with E-state index in [-0.39, 0.29) is 0 Å². The van der Waals surface area contributed by atoms with Gasteiger partial charge in [-0.3, -0.25) is 0 Å². The molecule has 0 bridgehead atoms. The SMILES string of the molecule is C/C=C\C(C)=NC(CCCC)=Nc1ccccc1C. The largest absolute Gasteiger partial charge is 0.238 e. The lowest BCUT2D eigenvalue weighted by atomic mass is 10.2. The van der Waals surface area contributed by atoms with Crippen molar-refractivity contribution in [3.05, 3.63) is 42.0 Å². The van der Waals surface area contributed by atoms with E-state index in [1.165, 1.54) is 5.56 Å². The fraction of sp³-hybridized carbons (Fsp3) is 0.412. The van der Waals surface area contributed by atoms with Crippen molar-refractivity contribution in [1.82, 2.24) is 0 Å². The Bertz CT molecular complexity index is 482. The predicted molar refractivity (Wildman–Crippen MR) is 85.7 cm³/mol. The van der Waals surface area contributed by atoms with Crippen LogP contribution in [0.3, 0.4) is 0 Å². The van der Waals surface area contributed by atoms with Crippen LogP contribution in [0.2, 0.25) is 0 Å². The van der Waals surface area contributed by atoms with Crippen LogP contribution < -0.4 is 0 Å². The van der Waals surface area contributed by atoms with Gasteiger partial charge in [-0.15, -0.1) is 0 Å². The Morgan fingerprint density at radius 2 is 2.00 bits per heavy atom. The fourth-order valence-corrected chi connectivity index (χ4v) is 1.78. The average Bonchev–Trinajstić information content (AvgIpc) is 2.39. The molecule has 0 saturated heterocycles. The van der Waals surface area contributed by atoms with E-state index >= 15 is 0 Å². The minimum Gasteiger partial charge on any atom is -0.238 e. The molecule has 1 rings (SSSR count). The number of aryl methyl sites for hydroxylation is 1. The van der Waals surface area contributed by atoms with Crippen LogP contribution in [0.4, 0.5) is 5.69 Å². The van der Waals surface area contributed by atoms with Gasteiger partial charge in [0, 0.05) is 12.1 Å². The molecule has 0 aromatic heterocycles. The molecule has 0 unspecified atom stereocenters. The Morgan fingerprint density at radius 3 is 2.63 bits per heavy atom. The Labute approximate surface area is 117 Å². The van der Waals surface area contributed by atoms with Crippen molar-refractivity contribution in [2.45, 2.75) is 47.0 Å². The molecule has 0 aliphatic carbocycles. The summed E-state index contributed by atoms with van der Waals surface area (Å²) in [5.74, 6) is 0.923. The first kappa shape index (κ1) is 15.4. The predicted octanol–water partition coefficient (Wildman–Crippen LogP) is 5.25. The van der Waals surface area contributed by atoms with Crippen molar-refractivity contribution in [2.75, 3.05) is 0 Å². The quantitative estimate of drug-likeness (QED) is 0.507. The minimum atomic E-state index is 0.923. The maximum absolute atomic E-state index is 4.71. The Morgan fingerprint density at radius 1 is 1.26 bits per heavy atom. The summed E-state index contributed by atoms with van der Waals surface area (Å²) in [5.41, 5.74) is 3.21. The molecular weight excluding hydrogens is 232 g/mol. The second-order valence-corrected chi connectivity index (χ2v) is 4.67. The zero-order valence-electron chi connectivity index (χ0n) is 12.5. The van der Waals surface area contributed by atoms with Crippen LogP contribution in [0.5, 0.6) is 0 Å². The molecule has 0 saturated carbocycles. The molecule has 19 heavy (non-hydrogen) atoms. The summed E-state index contributed by atoms with van der Waals surface area (Å²) in [5, 5.41) is 0. The number of aliphatic imine (C=N–C) groups is 2. The van der Waals surface area contributed by atoms with Gasteiger partial charge in [-0.2, -0.15) is 0 Å². The van der Waals surface area contributed by atoms with E-state index in [0.29, 0.717) is 0 Å². The highest BCUT2D eigenvalue weighted by molar-refractivity contribution is 6.03. The summed E-state index contributed by atoms with van der Waals surface area (Å²) >= 11 is 0. The van der Waals surface area contributed by atoms with Gasteiger partial charge >= 0.3 is 0 Å². The summed E-state index contributed by atoms with van der Waals surface area (Å²) in [6.07, 6.45) is 7.23. The number of rotatable bonds is 5. The van der Waals surface area contributed by atoms with Crippen LogP contribution in [0.15, 0.2) is 46.4 Å². The molecule has 0 atom stereocenters. The topological polar surface area (TPSA) is 24.7 Å². The minimum absolute atomic E-state index is 0.923. The Hall–Kier alpha value is -1.70. The first-order valence-corrected chi connectivity index (χ1v) is 6.98. The van der Waals surface area contributed by atoms with Crippen molar-refractivity contribution in [2.24, 2.45) is 9.98 Å². The van der Waals surface area contributed by atoms with E-state index in [1.807, 2.05) is 44.2 Å². The number of allylic oxidation sites excluding steroid dienone is 2. The maximum Gasteiger partial charge on any atom is 0.129 e. The molecule has 0 spiro atoms. The van der Waals surface area contributed by atoms with Gasteiger partial charge in [0.2, 0.25) is 0 Å². The highest BCUT2D eigenvalue weighted by atomic mass is 14.9. The Kier molecular flexibility index (Phi) is 6.80. The van der Waals surface area contributed by atoms with E-state index in [0.717, 1.165) is 36.5 Å². The normalized spacial score (nSPS) is 13.3. The molecule has 0 aliphatic rings. The van der Waals surface area contributed by atoms with Crippen LogP contribution in [-0.2, 0) is 0 Å². The van der Waals surface area contributed by atoms with Gasteiger partial charge in [-0.05, 0) is 44.9 Å². The highest BCUT2D eigenvalue weighted by Gasteiger charge is 2.00. The second kappa shape index (κ2) is 8.41. The molecule has 102 valence electrons. The third kappa shape index (κ3) is 5.64. The van der Waals surface area contributed by atoms with Crippen molar-refractivity contribution >= 4 is 17.2 Å². The van der Waals surface area contributed by atoms with Gasteiger partial charge in [0.25, 0.3) is 0 Å². The first-order valence-electron chi connectivity index (χ1n) is 6.98. The smallest absolute Gasteiger partial charge is 0.129 e. The van der Waals surface area contributed by atoms with E-state index in [9.17, 15) is 0 Å². The molecule has 0 radical (unpaired) electrons. The van der Waals surface area contributed by atoms with E-state index in [4.69, 9.17) is 4.99 Å². The van der Waals surface area contributed by atoms with E-state index in [2.05, 4.69) is 24.9 Å². The number of para-hydroxylation sites is 1. The van der Waals surface area contributed by atoms with Crippen LogP contribution in [-0.4, -0.2) is 11.5 Å². The molecule has 0 aliphatic heterocycles. The summed E-state index contributed by atoms with van der Waals surface area (Å²) < 4.78 is 0. The molecule has 1 aromatic rings.